The lowest BCUT2D eigenvalue weighted by molar-refractivity contribution is -0.132. The number of rotatable bonds is 6. The van der Waals surface area contributed by atoms with E-state index >= 15 is 0 Å². The van der Waals surface area contributed by atoms with Gasteiger partial charge in [0.15, 0.2) is 0 Å². The molecule has 0 saturated carbocycles. The molecule has 2 heterocycles. The molecule has 0 atom stereocenters. The summed E-state index contributed by atoms with van der Waals surface area (Å²) in [5.74, 6) is 3.20. The molecule has 0 unspecified atom stereocenters. The summed E-state index contributed by atoms with van der Waals surface area (Å²) >= 11 is 1.86. The summed E-state index contributed by atoms with van der Waals surface area (Å²) in [5, 5.41) is 0. The fraction of sp³-hybridized carbons (Fsp3) is 0.933. The third-order valence-corrected chi connectivity index (χ3v) is 5.15. The van der Waals surface area contributed by atoms with Gasteiger partial charge in [-0.25, -0.2) is 0 Å². The lowest BCUT2D eigenvalue weighted by Gasteiger charge is -2.36. The highest BCUT2D eigenvalue weighted by molar-refractivity contribution is 7.99. The van der Waals surface area contributed by atoms with Crippen LogP contribution in [0.15, 0.2) is 0 Å². The van der Waals surface area contributed by atoms with Crippen LogP contribution in [0.25, 0.3) is 0 Å². The van der Waals surface area contributed by atoms with Gasteiger partial charge in [0.2, 0.25) is 5.91 Å². The quantitative estimate of drug-likeness (QED) is 0.699. The van der Waals surface area contributed by atoms with Crippen molar-refractivity contribution in [2.45, 2.75) is 26.2 Å². The largest absolute Gasteiger partial charge is 0.379 e. The third-order valence-electron chi connectivity index (χ3n) is 4.25. The molecule has 2 fully saturated rings. The van der Waals surface area contributed by atoms with Gasteiger partial charge < -0.3 is 9.64 Å². The molecule has 116 valence electrons. The highest BCUT2D eigenvalue weighted by atomic mass is 32.2. The Kier molecular flexibility index (Phi) is 7.17. The van der Waals surface area contributed by atoms with Crippen LogP contribution in [0.2, 0.25) is 0 Å². The van der Waals surface area contributed by atoms with Crippen LogP contribution in [0.1, 0.15) is 26.2 Å². The van der Waals surface area contributed by atoms with E-state index in [2.05, 4.69) is 16.7 Å². The first kappa shape index (κ1) is 16.1. The van der Waals surface area contributed by atoms with Gasteiger partial charge in [-0.1, -0.05) is 6.92 Å². The predicted octanol–water partition coefficient (Wildman–Crippen LogP) is 1.70. The van der Waals surface area contributed by atoms with Crippen LogP contribution in [0.3, 0.4) is 0 Å². The average molecular weight is 300 g/mol. The molecule has 0 aromatic heterocycles. The Labute approximate surface area is 127 Å². The number of ether oxygens (including phenoxy) is 1. The summed E-state index contributed by atoms with van der Waals surface area (Å²) in [6.45, 7) is 9.18. The molecule has 2 aliphatic rings. The van der Waals surface area contributed by atoms with Gasteiger partial charge in [-0.3, -0.25) is 9.69 Å². The standard InChI is InChI=1S/C15H28N2O2S/c1-2-20-12-5-15(18)17-6-3-14(4-7-17)13-16-8-10-19-11-9-16/h14H,2-13H2,1H3. The van der Waals surface area contributed by atoms with E-state index in [1.165, 1.54) is 19.4 Å². The summed E-state index contributed by atoms with van der Waals surface area (Å²) in [7, 11) is 0. The number of carbonyl (C=O) groups excluding carboxylic acids is 1. The molecule has 2 rings (SSSR count). The maximum atomic E-state index is 12.1. The second kappa shape index (κ2) is 8.90. The van der Waals surface area contributed by atoms with Crippen molar-refractivity contribution in [2.24, 2.45) is 5.92 Å². The van der Waals surface area contributed by atoms with Crippen molar-refractivity contribution < 1.29 is 9.53 Å². The minimum absolute atomic E-state index is 0.357. The highest BCUT2D eigenvalue weighted by Crippen LogP contribution is 2.20. The van der Waals surface area contributed by atoms with Crippen LogP contribution in [0.5, 0.6) is 0 Å². The number of thioether (sulfide) groups is 1. The highest BCUT2D eigenvalue weighted by Gasteiger charge is 2.24. The number of hydrogen-bond acceptors (Lipinski definition) is 4. The first-order valence-corrected chi connectivity index (χ1v) is 9.10. The van der Waals surface area contributed by atoms with Crippen LogP contribution in [-0.4, -0.2) is 73.2 Å². The Morgan fingerprint density at radius 1 is 1.20 bits per heavy atom. The second-order valence-corrected chi connectivity index (χ2v) is 7.08. The van der Waals surface area contributed by atoms with Crippen molar-refractivity contribution >= 4 is 17.7 Å². The van der Waals surface area contributed by atoms with E-state index in [4.69, 9.17) is 4.74 Å². The zero-order valence-corrected chi connectivity index (χ0v) is 13.5. The van der Waals surface area contributed by atoms with E-state index in [-0.39, 0.29) is 0 Å². The summed E-state index contributed by atoms with van der Waals surface area (Å²) in [4.78, 5) is 16.6. The Balaban J connectivity index is 1.62. The fourth-order valence-corrected chi connectivity index (χ4v) is 3.58. The minimum atomic E-state index is 0.357. The van der Waals surface area contributed by atoms with E-state index in [0.29, 0.717) is 12.3 Å². The molecule has 0 bridgehead atoms. The molecule has 0 spiro atoms. The van der Waals surface area contributed by atoms with E-state index in [1.807, 2.05) is 11.8 Å². The molecule has 0 N–H and O–H groups in total. The normalized spacial score (nSPS) is 22.1. The predicted molar refractivity (Wildman–Crippen MR) is 84.2 cm³/mol. The lowest BCUT2D eigenvalue weighted by atomic mass is 9.96. The maximum Gasteiger partial charge on any atom is 0.223 e. The van der Waals surface area contributed by atoms with Crippen molar-refractivity contribution in [3.8, 4) is 0 Å². The summed E-state index contributed by atoms with van der Waals surface area (Å²) < 4.78 is 5.39. The molecule has 5 heteroatoms. The summed E-state index contributed by atoms with van der Waals surface area (Å²) in [6, 6.07) is 0. The van der Waals surface area contributed by atoms with Gasteiger partial charge in [0.05, 0.1) is 13.2 Å². The fourth-order valence-electron chi connectivity index (χ4n) is 2.98. The van der Waals surface area contributed by atoms with Gasteiger partial charge in [0.25, 0.3) is 0 Å². The number of carbonyl (C=O) groups is 1. The number of hydrogen-bond donors (Lipinski definition) is 0. The number of morpholine rings is 1. The molecule has 0 aromatic carbocycles. The van der Waals surface area contributed by atoms with Crippen molar-refractivity contribution in [1.82, 2.24) is 9.80 Å². The van der Waals surface area contributed by atoms with Crippen LogP contribution in [-0.2, 0) is 9.53 Å². The Bertz CT molecular complexity index is 288. The molecule has 0 radical (unpaired) electrons. The molecular weight excluding hydrogens is 272 g/mol. The average Bonchev–Trinajstić information content (AvgIpc) is 2.49. The van der Waals surface area contributed by atoms with Gasteiger partial charge in [-0.2, -0.15) is 11.8 Å². The van der Waals surface area contributed by atoms with Gasteiger partial charge >= 0.3 is 0 Å². The van der Waals surface area contributed by atoms with Crippen LogP contribution in [0, 0.1) is 5.92 Å². The van der Waals surface area contributed by atoms with Gasteiger partial charge in [0, 0.05) is 44.9 Å². The van der Waals surface area contributed by atoms with E-state index in [9.17, 15) is 4.79 Å². The molecule has 2 aliphatic heterocycles. The molecule has 20 heavy (non-hydrogen) atoms. The SMILES string of the molecule is CCSCCC(=O)N1CCC(CN2CCOCC2)CC1. The van der Waals surface area contributed by atoms with Gasteiger partial charge in [-0.15, -0.1) is 0 Å². The van der Waals surface area contributed by atoms with Crippen molar-refractivity contribution in [3.05, 3.63) is 0 Å². The van der Waals surface area contributed by atoms with Crippen LogP contribution < -0.4 is 0 Å². The van der Waals surface area contributed by atoms with Gasteiger partial charge in [-0.05, 0) is 24.5 Å². The smallest absolute Gasteiger partial charge is 0.223 e. The van der Waals surface area contributed by atoms with E-state index in [0.717, 1.165) is 56.8 Å². The van der Waals surface area contributed by atoms with E-state index in [1.54, 1.807) is 0 Å². The Morgan fingerprint density at radius 2 is 1.90 bits per heavy atom. The molecule has 2 saturated heterocycles. The number of nitrogens with zero attached hydrogens (tertiary/aromatic N) is 2. The zero-order chi connectivity index (χ0) is 14.2. The lowest BCUT2D eigenvalue weighted by Crippen LogP contribution is -2.44. The number of amides is 1. The first-order valence-electron chi connectivity index (χ1n) is 7.95. The van der Waals surface area contributed by atoms with E-state index < -0.39 is 0 Å². The molecule has 1 amide bonds. The Morgan fingerprint density at radius 3 is 2.55 bits per heavy atom. The van der Waals surface area contributed by atoms with Crippen molar-refractivity contribution in [2.75, 3.05) is 57.4 Å². The number of likely N-dealkylation sites (tertiary alicyclic amines) is 1. The first-order chi connectivity index (χ1) is 9.79. The second-order valence-electron chi connectivity index (χ2n) is 5.68. The molecule has 4 nitrogen and oxygen atoms in total. The van der Waals surface area contributed by atoms with Crippen LogP contribution >= 0.6 is 11.8 Å². The maximum absolute atomic E-state index is 12.1. The zero-order valence-electron chi connectivity index (χ0n) is 12.7. The summed E-state index contributed by atoms with van der Waals surface area (Å²) in [5.41, 5.74) is 0. The van der Waals surface area contributed by atoms with Crippen LogP contribution in [0.4, 0.5) is 0 Å². The third kappa shape index (κ3) is 5.26. The van der Waals surface area contributed by atoms with Gasteiger partial charge in [0.1, 0.15) is 0 Å². The van der Waals surface area contributed by atoms with Crippen molar-refractivity contribution in [3.63, 3.8) is 0 Å². The summed E-state index contributed by atoms with van der Waals surface area (Å²) in [6.07, 6.45) is 3.06. The monoisotopic (exact) mass is 300 g/mol. The van der Waals surface area contributed by atoms with Crippen molar-refractivity contribution in [1.29, 1.82) is 0 Å². The topological polar surface area (TPSA) is 32.8 Å². The molecular formula is C15H28N2O2S. The molecule has 0 aliphatic carbocycles. The Hall–Kier alpha value is -0.260. The minimum Gasteiger partial charge on any atom is -0.379 e. The molecule has 0 aromatic rings. The number of piperidine rings is 1.